The molecule has 1 aromatic heterocycles. The fourth-order valence-corrected chi connectivity index (χ4v) is 3.38. The van der Waals surface area contributed by atoms with Crippen LogP contribution in [0.4, 0.5) is 16.3 Å². The summed E-state index contributed by atoms with van der Waals surface area (Å²) >= 11 is 0. The summed E-state index contributed by atoms with van der Waals surface area (Å²) in [4.78, 5) is 24.5. The maximum absolute atomic E-state index is 12.3. The maximum atomic E-state index is 12.3. The fourth-order valence-electron chi connectivity index (χ4n) is 3.38. The van der Waals surface area contributed by atoms with E-state index in [-0.39, 0.29) is 24.4 Å². The van der Waals surface area contributed by atoms with Crippen molar-refractivity contribution in [3.05, 3.63) is 102 Å². The molecule has 4 aromatic rings. The van der Waals surface area contributed by atoms with Gasteiger partial charge in [0.1, 0.15) is 23.9 Å². The summed E-state index contributed by atoms with van der Waals surface area (Å²) in [5.41, 5.74) is 2.10. The highest BCUT2D eigenvalue weighted by Crippen LogP contribution is 2.26. The Labute approximate surface area is 215 Å². The quantitative estimate of drug-likeness (QED) is 0.262. The number of nitrogens with zero attached hydrogens (tertiary/aromatic N) is 1. The molecule has 3 aromatic carbocycles. The minimum Gasteiger partial charge on any atom is -0.461 e. The first-order chi connectivity index (χ1) is 17.7. The minimum absolute atomic E-state index is 0.144. The molecule has 0 atom stereocenters. The predicted molar refractivity (Wildman–Crippen MR) is 141 cm³/mol. The van der Waals surface area contributed by atoms with Crippen LogP contribution in [0.25, 0.3) is 0 Å². The number of rotatable bonds is 8. The molecule has 0 aliphatic carbocycles. The monoisotopic (exact) mass is 499 g/mol. The summed E-state index contributed by atoms with van der Waals surface area (Å²) in [6.45, 7) is 6.24. The van der Waals surface area contributed by atoms with E-state index >= 15 is 0 Å². The van der Waals surface area contributed by atoms with Crippen LogP contribution in [0.15, 0.2) is 89.5 Å². The van der Waals surface area contributed by atoms with Gasteiger partial charge in [-0.15, -0.1) is 0 Å². The molecule has 4 rings (SSSR count). The van der Waals surface area contributed by atoms with Crippen LogP contribution in [0.5, 0.6) is 11.5 Å². The molecule has 37 heavy (non-hydrogen) atoms. The van der Waals surface area contributed by atoms with Gasteiger partial charge in [0.2, 0.25) is 0 Å². The van der Waals surface area contributed by atoms with Crippen LogP contribution in [0.2, 0.25) is 0 Å². The molecule has 0 aliphatic rings. The highest BCUT2D eigenvalue weighted by Gasteiger charge is 2.20. The lowest BCUT2D eigenvalue weighted by atomic mass is 9.93. The molecule has 0 aliphatic heterocycles. The van der Waals surface area contributed by atoms with Crippen molar-refractivity contribution in [2.24, 2.45) is 0 Å². The summed E-state index contributed by atoms with van der Waals surface area (Å²) < 4.78 is 16.6. The molecule has 0 saturated carbocycles. The van der Waals surface area contributed by atoms with Crippen molar-refractivity contribution in [2.75, 3.05) is 10.6 Å². The molecule has 0 fully saturated rings. The topological polar surface area (TPSA) is 103 Å². The van der Waals surface area contributed by atoms with Gasteiger partial charge in [0.25, 0.3) is 0 Å². The third kappa shape index (κ3) is 7.70. The Morgan fingerprint density at radius 2 is 1.57 bits per heavy atom. The van der Waals surface area contributed by atoms with Gasteiger partial charge in [-0.1, -0.05) is 68.4 Å². The lowest BCUT2D eigenvalue weighted by Crippen LogP contribution is -2.19. The average Bonchev–Trinajstić information content (AvgIpc) is 3.34. The number of anilines is 2. The van der Waals surface area contributed by atoms with Gasteiger partial charge in [-0.25, -0.2) is 4.79 Å². The molecule has 0 saturated heterocycles. The molecular weight excluding hydrogens is 470 g/mol. The highest BCUT2D eigenvalue weighted by atomic mass is 16.5. The first-order valence-corrected chi connectivity index (χ1v) is 11.9. The number of ether oxygens (including phenoxy) is 2. The number of hydrogen-bond donors (Lipinski definition) is 2. The van der Waals surface area contributed by atoms with E-state index < -0.39 is 6.03 Å². The van der Waals surface area contributed by atoms with Crippen molar-refractivity contribution in [3.8, 4) is 11.5 Å². The van der Waals surface area contributed by atoms with Crippen LogP contribution in [-0.4, -0.2) is 17.2 Å². The molecule has 0 spiro atoms. The molecule has 190 valence electrons. The average molecular weight is 500 g/mol. The molecule has 2 N–H and O–H groups in total. The van der Waals surface area contributed by atoms with Crippen molar-refractivity contribution in [1.29, 1.82) is 0 Å². The van der Waals surface area contributed by atoms with E-state index in [4.69, 9.17) is 14.0 Å². The Kier molecular flexibility index (Phi) is 7.88. The van der Waals surface area contributed by atoms with E-state index in [0.717, 1.165) is 11.1 Å². The van der Waals surface area contributed by atoms with Gasteiger partial charge < -0.3 is 19.3 Å². The fraction of sp³-hybridized carbons (Fsp3) is 0.207. The van der Waals surface area contributed by atoms with Gasteiger partial charge in [-0.2, -0.15) is 0 Å². The Balaban J connectivity index is 1.27. The number of benzene rings is 3. The second kappa shape index (κ2) is 11.4. The third-order valence-corrected chi connectivity index (χ3v) is 5.33. The van der Waals surface area contributed by atoms with Gasteiger partial charge in [0.05, 0.1) is 6.42 Å². The number of nitrogens with one attached hydrogen (secondary N) is 2. The van der Waals surface area contributed by atoms with Crippen molar-refractivity contribution in [2.45, 2.75) is 39.2 Å². The highest BCUT2D eigenvalue weighted by molar-refractivity contribution is 5.99. The van der Waals surface area contributed by atoms with E-state index in [1.807, 2.05) is 69.3 Å². The summed E-state index contributed by atoms with van der Waals surface area (Å²) in [6, 6.07) is 25.0. The van der Waals surface area contributed by atoms with E-state index in [2.05, 4.69) is 15.8 Å². The third-order valence-electron chi connectivity index (χ3n) is 5.33. The van der Waals surface area contributed by atoms with Crippen LogP contribution in [-0.2, 0) is 28.0 Å². The van der Waals surface area contributed by atoms with Crippen molar-refractivity contribution < 1.29 is 23.6 Å². The zero-order valence-corrected chi connectivity index (χ0v) is 21.0. The zero-order valence-electron chi connectivity index (χ0n) is 21.0. The first-order valence-electron chi connectivity index (χ1n) is 11.9. The van der Waals surface area contributed by atoms with E-state index in [1.54, 1.807) is 36.4 Å². The van der Waals surface area contributed by atoms with Gasteiger partial charge in [0, 0.05) is 17.2 Å². The molecule has 2 amide bonds. The predicted octanol–water partition coefficient (Wildman–Crippen LogP) is 6.69. The van der Waals surface area contributed by atoms with Crippen LogP contribution in [0.3, 0.4) is 0 Å². The van der Waals surface area contributed by atoms with Crippen molar-refractivity contribution in [3.63, 3.8) is 0 Å². The number of carbonyl (C=O) groups is 2. The lowest BCUT2D eigenvalue weighted by molar-refractivity contribution is -0.144. The Morgan fingerprint density at radius 3 is 2.27 bits per heavy atom. The van der Waals surface area contributed by atoms with E-state index in [0.29, 0.717) is 28.8 Å². The van der Waals surface area contributed by atoms with Crippen LogP contribution < -0.4 is 15.4 Å². The number of aromatic nitrogens is 1. The van der Waals surface area contributed by atoms with Gasteiger partial charge in [-0.3, -0.25) is 10.1 Å². The number of urea groups is 1. The smallest absolute Gasteiger partial charge is 0.324 e. The lowest BCUT2D eigenvalue weighted by Gasteiger charge is -2.12. The molecule has 0 unspecified atom stereocenters. The van der Waals surface area contributed by atoms with Crippen molar-refractivity contribution in [1.82, 2.24) is 5.16 Å². The number of esters is 1. The number of carbonyl (C=O) groups excluding carboxylic acids is 2. The normalized spacial score (nSPS) is 11.0. The Hall–Kier alpha value is -4.59. The molecule has 8 nitrogen and oxygen atoms in total. The summed E-state index contributed by atoms with van der Waals surface area (Å²) in [5.74, 6) is 1.88. The molecule has 8 heteroatoms. The van der Waals surface area contributed by atoms with E-state index in [1.165, 1.54) is 0 Å². The molecule has 0 bridgehead atoms. The van der Waals surface area contributed by atoms with E-state index in [9.17, 15) is 9.59 Å². The standard InChI is InChI=1S/C29H29N3O5/c1-29(2,3)25-18-26(32-37-25)31-28(34)30-22-12-14-23(15-13-22)36-24-11-7-10-21(16-24)17-27(33)35-19-20-8-5-4-6-9-20/h4-16,18H,17,19H2,1-3H3,(H2,30,31,32,34). The SMILES string of the molecule is CC(C)(C)c1cc(NC(=O)Nc2ccc(Oc3cccc(CC(=O)OCc4ccccc4)c3)cc2)no1. The first kappa shape index (κ1) is 25.5. The maximum Gasteiger partial charge on any atom is 0.324 e. The summed E-state index contributed by atoms with van der Waals surface area (Å²) in [6.07, 6.45) is 0.144. The Morgan fingerprint density at radius 1 is 0.838 bits per heavy atom. The second-order valence-electron chi connectivity index (χ2n) is 9.50. The largest absolute Gasteiger partial charge is 0.461 e. The minimum atomic E-state index is -0.436. The molecule has 1 heterocycles. The Bertz CT molecular complexity index is 1340. The summed E-state index contributed by atoms with van der Waals surface area (Å²) in [7, 11) is 0. The molecular formula is C29H29N3O5. The van der Waals surface area contributed by atoms with Crippen LogP contribution in [0.1, 0.15) is 37.7 Å². The van der Waals surface area contributed by atoms with Gasteiger partial charge in [0.15, 0.2) is 5.82 Å². The number of hydrogen-bond acceptors (Lipinski definition) is 6. The zero-order chi connectivity index (χ0) is 26.3. The van der Waals surface area contributed by atoms with Gasteiger partial charge in [-0.05, 0) is 47.5 Å². The van der Waals surface area contributed by atoms with Crippen molar-refractivity contribution >= 4 is 23.5 Å². The van der Waals surface area contributed by atoms with Crippen LogP contribution >= 0.6 is 0 Å². The summed E-state index contributed by atoms with van der Waals surface area (Å²) in [5, 5.41) is 9.28. The second-order valence-corrected chi connectivity index (χ2v) is 9.50. The molecule has 0 radical (unpaired) electrons. The number of amides is 2. The van der Waals surface area contributed by atoms with Crippen LogP contribution in [0, 0.1) is 0 Å². The van der Waals surface area contributed by atoms with Gasteiger partial charge >= 0.3 is 12.0 Å².